The lowest BCUT2D eigenvalue weighted by molar-refractivity contribution is -0.159. The topological polar surface area (TPSA) is 110 Å². The van der Waals surface area contributed by atoms with Crippen LogP contribution < -0.4 is 5.73 Å². The quantitative estimate of drug-likeness (QED) is 0.711. The number of fused-ring (bicyclic) bond motifs is 1. The summed E-state index contributed by atoms with van der Waals surface area (Å²) in [4.78, 5) is 18.2. The molecule has 0 saturated carbocycles. The van der Waals surface area contributed by atoms with E-state index < -0.39 is 11.9 Å². The van der Waals surface area contributed by atoms with Crippen LogP contribution in [0.5, 0.6) is 0 Å². The zero-order valence-corrected chi connectivity index (χ0v) is 15.5. The van der Waals surface area contributed by atoms with Crippen LogP contribution in [-0.2, 0) is 19.9 Å². The predicted octanol–water partition coefficient (Wildman–Crippen LogP) is 3.30. The molecule has 1 heterocycles. The molecule has 0 bridgehead atoms. The Labute approximate surface area is 158 Å². The minimum Gasteiger partial charge on any atom is -0.473 e. The first-order chi connectivity index (χ1) is 12.8. The number of hydrogen-bond acceptors (Lipinski definition) is 4. The Morgan fingerprint density at radius 1 is 1.07 bits per heavy atom. The van der Waals surface area contributed by atoms with Gasteiger partial charge in [-0.15, -0.1) is 0 Å². The Bertz CT molecular complexity index is 778. The molecule has 1 aliphatic heterocycles. The molecule has 144 valence electrons. The van der Waals surface area contributed by atoms with Crippen molar-refractivity contribution in [1.82, 2.24) is 0 Å². The van der Waals surface area contributed by atoms with E-state index in [2.05, 4.69) is 62.4 Å². The Hall–Kier alpha value is -2.70. The van der Waals surface area contributed by atoms with E-state index in [-0.39, 0.29) is 17.7 Å². The summed E-state index contributed by atoms with van der Waals surface area (Å²) in [6.45, 7) is 4.19. The molecule has 0 radical (unpaired) electrons. The van der Waals surface area contributed by atoms with Crippen LogP contribution in [-0.4, -0.2) is 28.2 Å². The van der Waals surface area contributed by atoms with Gasteiger partial charge in [0.05, 0.1) is 6.10 Å². The first kappa shape index (κ1) is 20.6. The minimum atomic E-state index is -1.82. The second-order valence-corrected chi connectivity index (χ2v) is 6.67. The van der Waals surface area contributed by atoms with E-state index in [1.807, 2.05) is 6.07 Å². The van der Waals surface area contributed by atoms with Crippen molar-refractivity contribution >= 4 is 11.9 Å². The normalized spacial score (nSPS) is 21.5. The summed E-state index contributed by atoms with van der Waals surface area (Å²) in [6.07, 6.45) is 1.97. The largest absolute Gasteiger partial charge is 0.473 e. The third-order valence-corrected chi connectivity index (χ3v) is 4.59. The summed E-state index contributed by atoms with van der Waals surface area (Å²) in [5, 5.41) is 14.8. The molecule has 2 aromatic rings. The Morgan fingerprint density at radius 2 is 1.63 bits per heavy atom. The highest BCUT2D eigenvalue weighted by Crippen LogP contribution is 2.50. The average molecular weight is 371 g/mol. The third kappa shape index (κ3) is 4.72. The van der Waals surface area contributed by atoms with Crippen LogP contribution in [0.2, 0.25) is 0 Å². The molecular weight excluding hydrogens is 346 g/mol. The number of benzene rings is 2. The predicted molar refractivity (Wildman–Crippen MR) is 101 cm³/mol. The SMILES string of the molecule is CC(N)CCC1(c2ccccc2)OC(C)c2ccccc21.O=C(O)C(=O)O. The molecule has 0 spiro atoms. The van der Waals surface area contributed by atoms with Crippen LogP contribution in [0.25, 0.3) is 0 Å². The highest BCUT2D eigenvalue weighted by atomic mass is 16.5. The van der Waals surface area contributed by atoms with Gasteiger partial charge in [-0.05, 0) is 43.4 Å². The van der Waals surface area contributed by atoms with E-state index in [9.17, 15) is 0 Å². The molecule has 0 amide bonds. The summed E-state index contributed by atoms with van der Waals surface area (Å²) in [6, 6.07) is 19.3. The first-order valence-corrected chi connectivity index (χ1v) is 8.82. The van der Waals surface area contributed by atoms with E-state index in [1.54, 1.807) is 0 Å². The standard InChI is InChI=1S/C19H23NO.C2H2O4/c1-14(20)12-13-19(16-8-4-3-5-9-16)18-11-7-6-10-17(18)15(2)21-19;3-1(4)2(5)6/h3-11,14-15H,12-13,20H2,1-2H3;(H,3,4)(H,5,6). The maximum Gasteiger partial charge on any atom is 0.414 e. The van der Waals surface area contributed by atoms with E-state index in [0.717, 1.165) is 12.8 Å². The second kappa shape index (κ2) is 8.79. The summed E-state index contributed by atoms with van der Waals surface area (Å²) in [7, 11) is 0. The van der Waals surface area contributed by atoms with Gasteiger partial charge in [-0.2, -0.15) is 0 Å². The molecule has 6 heteroatoms. The molecule has 0 aliphatic carbocycles. The number of rotatable bonds is 4. The number of nitrogens with two attached hydrogens (primary N) is 1. The number of carboxylic acids is 2. The van der Waals surface area contributed by atoms with Crippen molar-refractivity contribution in [2.24, 2.45) is 5.73 Å². The average Bonchev–Trinajstić information content (AvgIpc) is 2.95. The van der Waals surface area contributed by atoms with Crippen LogP contribution >= 0.6 is 0 Å². The molecule has 27 heavy (non-hydrogen) atoms. The number of aliphatic carboxylic acids is 2. The zero-order valence-electron chi connectivity index (χ0n) is 15.5. The van der Waals surface area contributed by atoms with Crippen molar-refractivity contribution in [2.75, 3.05) is 0 Å². The number of ether oxygens (including phenoxy) is 1. The van der Waals surface area contributed by atoms with Gasteiger partial charge < -0.3 is 20.7 Å². The van der Waals surface area contributed by atoms with Gasteiger partial charge >= 0.3 is 11.9 Å². The van der Waals surface area contributed by atoms with Crippen molar-refractivity contribution in [2.45, 2.75) is 44.4 Å². The van der Waals surface area contributed by atoms with E-state index >= 15 is 0 Å². The van der Waals surface area contributed by atoms with Crippen molar-refractivity contribution in [3.05, 3.63) is 71.3 Å². The third-order valence-electron chi connectivity index (χ3n) is 4.59. The van der Waals surface area contributed by atoms with Gasteiger partial charge in [0.25, 0.3) is 0 Å². The van der Waals surface area contributed by atoms with Crippen LogP contribution in [0.15, 0.2) is 54.6 Å². The molecule has 3 atom stereocenters. The highest BCUT2D eigenvalue weighted by Gasteiger charge is 2.44. The molecular formula is C21H25NO5. The molecule has 3 rings (SSSR count). The monoisotopic (exact) mass is 371 g/mol. The van der Waals surface area contributed by atoms with Crippen LogP contribution in [0.3, 0.4) is 0 Å². The van der Waals surface area contributed by atoms with Gasteiger partial charge in [0.15, 0.2) is 0 Å². The molecule has 0 saturated heterocycles. The molecule has 6 nitrogen and oxygen atoms in total. The Morgan fingerprint density at radius 3 is 2.19 bits per heavy atom. The maximum atomic E-state index is 9.10. The lowest BCUT2D eigenvalue weighted by Gasteiger charge is -2.32. The molecule has 0 fully saturated rings. The zero-order chi connectivity index (χ0) is 20.0. The molecule has 0 aromatic heterocycles. The van der Waals surface area contributed by atoms with Crippen molar-refractivity contribution in [3.63, 3.8) is 0 Å². The Kier molecular flexibility index (Phi) is 6.71. The lowest BCUT2D eigenvalue weighted by atomic mass is 9.81. The fraction of sp³-hybridized carbons (Fsp3) is 0.333. The first-order valence-electron chi connectivity index (χ1n) is 8.82. The Balaban J connectivity index is 0.000000380. The molecule has 1 aliphatic rings. The fourth-order valence-corrected chi connectivity index (χ4v) is 3.35. The summed E-state index contributed by atoms with van der Waals surface area (Å²) < 4.78 is 6.50. The van der Waals surface area contributed by atoms with Crippen molar-refractivity contribution in [1.29, 1.82) is 0 Å². The minimum absolute atomic E-state index is 0.120. The lowest BCUT2D eigenvalue weighted by Crippen LogP contribution is -2.30. The van der Waals surface area contributed by atoms with Gasteiger partial charge in [-0.25, -0.2) is 9.59 Å². The molecule has 4 N–H and O–H groups in total. The van der Waals surface area contributed by atoms with E-state index in [0.29, 0.717) is 0 Å². The van der Waals surface area contributed by atoms with Gasteiger partial charge in [-0.1, -0.05) is 54.6 Å². The summed E-state index contributed by atoms with van der Waals surface area (Å²) in [5.41, 5.74) is 9.47. The van der Waals surface area contributed by atoms with Gasteiger partial charge in [0.1, 0.15) is 5.60 Å². The highest BCUT2D eigenvalue weighted by molar-refractivity contribution is 6.27. The summed E-state index contributed by atoms with van der Waals surface area (Å²) >= 11 is 0. The van der Waals surface area contributed by atoms with Gasteiger partial charge in [0.2, 0.25) is 0 Å². The van der Waals surface area contributed by atoms with E-state index in [4.69, 9.17) is 30.3 Å². The molecule has 3 unspecified atom stereocenters. The van der Waals surface area contributed by atoms with Crippen LogP contribution in [0.1, 0.15) is 49.5 Å². The number of hydrogen-bond donors (Lipinski definition) is 3. The van der Waals surface area contributed by atoms with E-state index in [1.165, 1.54) is 16.7 Å². The van der Waals surface area contributed by atoms with Crippen molar-refractivity contribution in [3.8, 4) is 0 Å². The van der Waals surface area contributed by atoms with Crippen LogP contribution in [0, 0.1) is 0 Å². The fourth-order valence-electron chi connectivity index (χ4n) is 3.35. The molecule has 2 aromatic carbocycles. The number of carboxylic acid groups (broad SMARTS) is 2. The van der Waals surface area contributed by atoms with Crippen molar-refractivity contribution < 1.29 is 24.5 Å². The van der Waals surface area contributed by atoms with Crippen LogP contribution in [0.4, 0.5) is 0 Å². The second-order valence-electron chi connectivity index (χ2n) is 6.67. The van der Waals surface area contributed by atoms with Gasteiger partial charge in [0, 0.05) is 6.04 Å². The number of carbonyl (C=O) groups is 2. The smallest absolute Gasteiger partial charge is 0.414 e. The van der Waals surface area contributed by atoms with Gasteiger partial charge in [-0.3, -0.25) is 0 Å². The summed E-state index contributed by atoms with van der Waals surface area (Å²) in [5.74, 6) is -3.65. The maximum absolute atomic E-state index is 9.10.